The lowest BCUT2D eigenvalue weighted by atomic mass is 9.61. The van der Waals surface area contributed by atoms with Crippen molar-refractivity contribution >= 4 is 29.6 Å². The Morgan fingerprint density at radius 1 is 0.778 bits per heavy atom. The summed E-state index contributed by atoms with van der Waals surface area (Å²) in [4.78, 5) is 4.94. The Morgan fingerprint density at radius 2 is 1.41 bits per heavy atom. The number of para-hydroxylation sites is 1. The highest BCUT2D eigenvalue weighted by Crippen LogP contribution is 2.42. The van der Waals surface area contributed by atoms with Gasteiger partial charge in [0, 0.05) is 5.46 Å². The minimum atomic E-state index is 0.134. The lowest BCUT2D eigenvalue weighted by molar-refractivity contribution is -0.657. The summed E-state index contributed by atoms with van der Waals surface area (Å²) < 4.78 is 2.25. The van der Waals surface area contributed by atoms with Crippen LogP contribution < -0.4 is 19.7 Å². The molecule has 0 fully saturated rings. The molecule has 0 saturated heterocycles. The Bertz CT molecular complexity index is 1010. The van der Waals surface area contributed by atoms with Crippen LogP contribution >= 0.6 is 0 Å². The van der Waals surface area contributed by atoms with E-state index in [9.17, 15) is 0 Å². The number of hydrogen-bond acceptors (Lipinski definition) is 2. The molecule has 1 aliphatic heterocycles. The number of anilines is 3. The molecule has 3 nitrogen and oxygen atoms in total. The van der Waals surface area contributed by atoms with E-state index in [1.165, 1.54) is 44.9 Å². The molecular weight excluding hydrogens is 329 g/mol. The highest BCUT2D eigenvalue weighted by Gasteiger charge is 2.52. The van der Waals surface area contributed by atoms with E-state index in [1.807, 2.05) is 0 Å². The van der Waals surface area contributed by atoms with Crippen LogP contribution in [0.4, 0.5) is 17.2 Å². The number of aromatic nitrogens is 1. The van der Waals surface area contributed by atoms with Crippen LogP contribution in [0.1, 0.15) is 22.3 Å². The first kappa shape index (κ1) is 17.7. The van der Waals surface area contributed by atoms with Crippen LogP contribution in [0.15, 0.2) is 54.7 Å². The highest BCUT2D eigenvalue weighted by atomic mass is 15.3. The summed E-state index contributed by atoms with van der Waals surface area (Å²) in [5, 5.41) is 0. The zero-order valence-corrected chi connectivity index (χ0v) is 17.1. The van der Waals surface area contributed by atoms with Gasteiger partial charge in [-0.25, -0.2) is 4.57 Å². The Labute approximate surface area is 163 Å². The monoisotopic (exact) mass is 356 g/mol. The number of aryl methyl sites for hydroxylation is 5. The van der Waals surface area contributed by atoms with Crippen molar-refractivity contribution in [1.29, 1.82) is 0 Å². The van der Waals surface area contributed by atoms with Crippen molar-refractivity contribution in [3.63, 3.8) is 0 Å². The van der Waals surface area contributed by atoms with Crippen LogP contribution in [-0.2, 0) is 7.05 Å². The van der Waals surface area contributed by atoms with E-state index >= 15 is 0 Å². The van der Waals surface area contributed by atoms with Crippen LogP contribution in [0.5, 0.6) is 0 Å². The molecule has 0 aliphatic carbocycles. The summed E-state index contributed by atoms with van der Waals surface area (Å²) in [6.07, 6.45) is 2.17. The largest absolute Gasteiger partial charge is 0.538 e. The van der Waals surface area contributed by atoms with Crippen LogP contribution in [0.2, 0.25) is 0 Å². The summed E-state index contributed by atoms with van der Waals surface area (Å²) in [6.45, 7) is 8.99. The molecule has 0 amide bonds. The van der Waals surface area contributed by atoms with Crippen LogP contribution in [0.3, 0.4) is 0 Å². The lowest BCUT2D eigenvalue weighted by Gasteiger charge is -2.24. The normalized spacial score (nSPS) is 13.3. The summed E-state index contributed by atoms with van der Waals surface area (Å²) in [5.74, 6) is 1.25. The molecule has 0 saturated carbocycles. The fourth-order valence-corrected chi connectivity index (χ4v) is 4.48. The maximum absolute atomic E-state index is 2.51. The van der Waals surface area contributed by atoms with Crippen LogP contribution in [0, 0.1) is 27.7 Å². The quantitative estimate of drug-likeness (QED) is 0.512. The molecule has 136 valence electrons. The number of rotatable bonds is 2. The predicted molar refractivity (Wildman–Crippen MR) is 115 cm³/mol. The number of hydrogen-bond donors (Lipinski definition) is 0. The van der Waals surface area contributed by atoms with E-state index in [0.29, 0.717) is 0 Å². The third-order valence-corrected chi connectivity index (χ3v) is 5.84. The molecule has 0 bridgehead atoms. The molecule has 4 heteroatoms. The summed E-state index contributed by atoms with van der Waals surface area (Å²) in [5.41, 5.74) is 9.21. The topological polar surface area (TPSA) is 10.4 Å². The summed E-state index contributed by atoms with van der Waals surface area (Å²) >= 11 is 0. The summed E-state index contributed by atoms with van der Waals surface area (Å²) in [7, 11) is 4.37. The maximum atomic E-state index is 2.51. The van der Waals surface area contributed by atoms with Gasteiger partial charge in [-0.3, -0.25) is 4.81 Å². The second kappa shape index (κ2) is 6.45. The zero-order valence-electron chi connectivity index (χ0n) is 17.1. The number of pyridine rings is 1. The van der Waals surface area contributed by atoms with Crippen molar-refractivity contribution in [2.45, 2.75) is 27.7 Å². The van der Waals surface area contributed by atoms with Crippen molar-refractivity contribution in [1.82, 2.24) is 0 Å². The molecule has 0 spiro atoms. The Hall–Kier alpha value is -2.75. The average molecular weight is 356 g/mol. The molecule has 0 atom stereocenters. The third kappa shape index (κ3) is 2.63. The molecule has 2 heterocycles. The molecule has 27 heavy (non-hydrogen) atoms. The second-order valence-corrected chi connectivity index (χ2v) is 7.73. The molecule has 3 aromatic rings. The van der Waals surface area contributed by atoms with Gasteiger partial charge in [-0.15, -0.1) is 0 Å². The van der Waals surface area contributed by atoms with E-state index in [1.54, 1.807) is 0 Å². The third-order valence-electron chi connectivity index (χ3n) is 5.84. The van der Waals surface area contributed by atoms with Crippen molar-refractivity contribution in [3.05, 3.63) is 77.0 Å². The Morgan fingerprint density at radius 3 is 2.07 bits per heavy atom. The number of benzene rings is 2. The molecule has 4 rings (SSSR count). The Balaban J connectivity index is 2.05. The van der Waals surface area contributed by atoms with Crippen molar-refractivity contribution < 1.29 is 4.57 Å². The minimum absolute atomic E-state index is 0.134. The van der Waals surface area contributed by atoms with Crippen molar-refractivity contribution in [2.75, 3.05) is 16.7 Å². The highest BCUT2D eigenvalue weighted by molar-refractivity contribution is 6.83. The van der Waals surface area contributed by atoms with Gasteiger partial charge >= 0.3 is 6.98 Å². The van der Waals surface area contributed by atoms with Gasteiger partial charge in [-0.05, 0) is 69.1 Å². The molecule has 1 aliphatic rings. The molecule has 0 radical (unpaired) electrons. The first-order chi connectivity index (χ1) is 12.9. The first-order valence-electron chi connectivity index (χ1n) is 9.55. The van der Waals surface area contributed by atoms with E-state index in [0.717, 1.165) is 0 Å². The molecule has 0 N–H and O–H groups in total. The average Bonchev–Trinajstić information content (AvgIpc) is 2.93. The fourth-order valence-electron chi connectivity index (χ4n) is 4.48. The first-order valence-corrected chi connectivity index (χ1v) is 9.55. The van der Waals surface area contributed by atoms with E-state index in [-0.39, 0.29) is 6.98 Å². The number of fused-ring (bicyclic) bond motifs is 1. The summed E-state index contributed by atoms with van der Waals surface area (Å²) in [6, 6.07) is 17.5. The molecule has 1 aromatic heterocycles. The van der Waals surface area contributed by atoms with Crippen molar-refractivity contribution in [3.8, 4) is 0 Å². The predicted octanol–water partition coefficient (Wildman–Crippen LogP) is 3.73. The smallest absolute Gasteiger partial charge is 0.366 e. The maximum Gasteiger partial charge on any atom is 0.538 e. The van der Waals surface area contributed by atoms with E-state index in [2.05, 4.69) is 111 Å². The molecule has 2 aromatic carbocycles. The SMILES string of the molecule is Cc1ccccc1N1B(c2c(C)cccc2C)N(C)c2c(C)cc[n+](C)c21. The van der Waals surface area contributed by atoms with Crippen LogP contribution in [-0.4, -0.2) is 14.0 Å². The van der Waals surface area contributed by atoms with E-state index < -0.39 is 0 Å². The van der Waals surface area contributed by atoms with Crippen LogP contribution in [0.25, 0.3) is 0 Å². The van der Waals surface area contributed by atoms with Gasteiger partial charge in [-0.2, -0.15) is 0 Å². The van der Waals surface area contributed by atoms with Gasteiger partial charge < -0.3 is 4.81 Å². The Kier molecular flexibility index (Phi) is 4.22. The van der Waals surface area contributed by atoms with Gasteiger partial charge in [0.2, 0.25) is 0 Å². The van der Waals surface area contributed by atoms with Gasteiger partial charge in [0.15, 0.2) is 0 Å². The zero-order chi connectivity index (χ0) is 19.3. The molecule has 0 unspecified atom stereocenters. The van der Waals surface area contributed by atoms with Gasteiger partial charge in [0.05, 0.1) is 13.2 Å². The minimum Gasteiger partial charge on any atom is -0.366 e. The van der Waals surface area contributed by atoms with Crippen molar-refractivity contribution in [2.24, 2.45) is 7.05 Å². The fraction of sp³-hybridized carbons (Fsp3) is 0.261. The second-order valence-electron chi connectivity index (χ2n) is 7.73. The van der Waals surface area contributed by atoms with Gasteiger partial charge in [0.25, 0.3) is 5.82 Å². The number of nitrogens with zero attached hydrogens (tertiary/aromatic N) is 3. The van der Waals surface area contributed by atoms with Gasteiger partial charge in [-0.1, -0.05) is 36.4 Å². The lowest BCUT2D eigenvalue weighted by Crippen LogP contribution is -2.56. The standard InChI is InChI=1S/C23H27BN3/c1-16-10-7-8-13-20(16)27-23-22(19(4)14-15-25(23)5)26(6)24(27)21-17(2)11-9-12-18(21)3/h7-15H,1-6H3/q+1. The molecular formula is C23H27BN3+. The van der Waals surface area contributed by atoms with E-state index in [4.69, 9.17) is 0 Å². The van der Waals surface area contributed by atoms with Gasteiger partial charge in [0.1, 0.15) is 11.4 Å².